The highest BCUT2D eigenvalue weighted by Crippen LogP contribution is 2.44. The molecule has 0 unspecified atom stereocenters. The van der Waals surface area contributed by atoms with Crippen LogP contribution in [0.4, 0.5) is 42.6 Å². The number of carbonyl (C=O) groups is 1. The van der Waals surface area contributed by atoms with Crippen LogP contribution in [0.2, 0.25) is 0 Å². The van der Waals surface area contributed by atoms with Crippen LogP contribution in [-0.2, 0) is 23.6 Å². The van der Waals surface area contributed by atoms with Gasteiger partial charge in [0, 0.05) is 30.4 Å². The Morgan fingerprint density at radius 1 is 1.04 bits per heavy atom. The van der Waals surface area contributed by atoms with Crippen LogP contribution >= 0.6 is 0 Å². The molecular weight excluding hydrogens is 622 g/mol. The van der Waals surface area contributed by atoms with E-state index in [4.69, 9.17) is 9.47 Å². The number of alkyl halides is 6. The Morgan fingerprint density at radius 3 is 2.30 bits per heavy atom. The number of amides is 1. The van der Waals surface area contributed by atoms with E-state index in [9.17, 15) is 31.1 Å². The molecule has 1 aliphatic heterocycles. The van der Waals surface area contributed by atoms with Crippen molar-refractivity contribution in [2.75, 3.05) is 23.5 Å². The lowest BCUT2D eigenvalue weighted by Gasteiger charge is -2.43. The first kappa shape index (κ1) is 32.4. The van der Waals surface area contributed by atoms with E-state index in [0.29, 0.717) is 35.5 Å². The fourth-order valence-electron chi connectivity index (χ4n) is 5.38. The number of nitrogens with one attached hydrogen (secondary N) is 1. The van der Waals surface area contributed by atoms with Crippen LogP contribution in [0.1, 0.15) is 55.1 Å². The number of anilines is 2. The molecule has 0 aliphatic carbocycles. The molecule has 0 saturated carbocycles. The predicted molar refractivity (Wildman–Crippen MR) is 152 cm³/mol. The second-order valence-corrected chi connectivity index (χ2v) is 10.3. The van der Waals surface area contributed by atoms with E-state index in [1.165, 1.54) is 18.2 Å². The zero-order valence-electron chi connectivity index (χ0n) is 24.7. The standard InChI is InChI=1S/C29H28F6N8O3/c1-4-20-13-22(25-21(7-9-24(37-25)45-3)43(20)27(44)46-5-2)42(23-8-6-17(14-36-23)26-38-40-41-39-26)15-16-10-18(28(30,31)32)12-19(11-16)29(33,34)35/h6-12,14,20,22H,4-5,13,15H2,1-3H3,(H,38,39,40,41)/t20-,22+/m1/s1. The molecule has 1 aromatic carbocycles. The first-order valence-corrected chi connectivity index (χ1v) is 14.1. The maximum atomic E-state index is 13.8. The van der Waals surface area contributed by atoms with Gasteiger partial charge in [-0.3, -0.25) is 4.90 Å². The van der Waals surface area contributed by atoms with E-state index in [2.05, 4.69) is 30.6 Å². The number of ether oxygens (including phenoxy) is 2. The lowest BCUT2D eigenvalue weighted by Crippen LogP contribution is -2.48. The Morgan fingerprint density at radius 2 is 1.76 bits per heavy atom. The molecule has 5 rings (SSSR count). The van der Waals surface area contributed by atoms with Crippen LogP contribution in [0.15, 0.2) is 48.7 Å². The molecule has 1 N–H and O–H groups in total. The smallest absolute Gasteiger partial charge is 0.416 e. The maximum absolute atomic E-state index is 13.8. The summed E-state index contributed by atoms with van der Waals surface area (Å²) in [7, 11) is 1.39. The molecule has 0 saturated heterocycles. The third kappa shape index (κ3) is 6.67. The number of tetrazole rings is 1. The van der Waals surface area contributed by atoms with Gasteiger partial charge in [0.25, 0.3) is 0 Å². The van der Waals surface area contributed by atoms with Crippen LogP contribution in [-0.4, -0.2) is 56.4 Å². The summed E-state index contributed by atoms with van der Waals surface area (Å²) in [6.07, 6.45) is -8.66. The summed E-state index contributed by atoms with van der Waals surface area (Å²) in [6, 6.07) is 6.49. The second-order valence-electron chi connectivity index (χ2n) is 10.3. The van der Waals surface area contributed by atoms with Gasteiger partial charge in [-0.25, -0.2) is 14.8 Å². The van der Waals surface area contributed by atoms with Crippen molar-refractivity contribution >= 4 is 17.6 Å². The SMILES string of the molecule is CCOC(=O)N1c2ccc(OC)nc2[C@@H](N(Cc2cc(C(F)(F)F)cc(C(F)(F)F)c2)c2ccc(-c3nn[nH]n3)cn2)C[C@H]1CC. The Labute approximate surface area is 258 Å². The molecule has 0 fully saturated rings. The molecule has 46 heavy (non-hydrogen) atoms. The number of H-pyrrole nitrogens is 1. The van der Waals surface area contributed by atoms with Crippen LogP contribution in [0.3, 0.4) is 0 Å². The summed E-state index contributed by atoms with van der Waals surface area (Å²) in [4.78, 5) is 25.2. The van der Waals surface area contributed by atoms with Crippen molar-refractivity contribution in [2.24, 2.45) is 0 Å². The molecule has 4 heterocycles. The summed E-state index contributed by atoms with van der Waals surface area (Å²) in [5, 5.41) is 13.7. The summed E-state index contributed by atoms with van der Waals surface area (Å²) >= 11 is 0. The summed E-state index contributed by atoms with van der Waals surface area (Å²) in [5.41, 5.74) is -2.04. The number of benzene rings is 1. The lowest BCUT2D eigenvalue weighted by atomic mass is 9.91. The zero-order chi connectivity index (χ0) is 33.2. The van der Waals surface area contributed by atoms with Gasteiger partial charge in [-0.05, 0) is 66.9 Å². The largest absolute Gasteiger partial charge is 0.481 e. The first-order valence-electron chi connectivity index (χ1n) is 14.1. The van der Waals surface area contributed by atoms with E-state index >= 15 is 0 Å². The highest BCUT2D eigenvalue weighted by molar-refractivity contribution is 5.90. The lowest BCUT2D eigenvalue weighted by molar-refractivity contribution is -0.143. The molecule has 11 nitrogen and oxygen atoms in total. The molecule has 244 valence electrons. The van der Waals surface area contributed by atoms with Crippen molar-refractivity contribution in [1.82, 2.24) is 30.6 Å². The van der Waals surface area contributed by atoms with Crippen molar-refractivity contribution in [3.05, 3.63) is 71.0 Å². The Bertz CT molecular complexity index is 1630. The number of halogens is 6. The van der Waals surface area contributed by atoms with Crippen LogP contribution in [0.25, 0.3) is 11.4 Å². The van der Waals surface area contributed by atoms with Crippen LogP contribution in [0.5, 0.6) is 5.88 Å². The molecule has 1 aliphatic rings. The number of hydrogen-bond acceptors (Lipinski definition) is 9. The van der Waals surface area contributed by atoms with E-state index in [1.54, 1.807) is 36.1 Å². The molecule has 17 heteroatoms. The van der Waals surface area contributed by atoms with Crippen LogP contribution < -0.4 is 14.5 Å². The van der Waals surface area contributed by atoms with Crippen molar-refractivity contribution in [2.45, 2.75) is 57.7 Å². The Hall–Kier alpha value is -4.96. The minimum atomic E-state index is -5.04. The number of hydrogen-bond donors (Lipinski definition) is 1. The number of aromatic amines is 1. The summed E-state index contributed by atoms with van der Waals surface area (Å²) in [6.45, 7) is 3.18. The normalized spacial score (nSPS) is 16.6. The fraction of sp³-hybridized carbons (Fsp3) is 0.379. The molecule has 0 spiro atoms. The van der Waals surface area contributed by atoms with Gasteiger partial charge in [0.05, 0.1) is 42.3 Å². The van der Waals surface area contributed by atoms with Crippen molar-refractivity contribution in [3.63, 3.8) is 0 Å². The van der Waals surface area contributed by atoms with Gasteiger partial charge in [-0.1, -0.05) is 6.92 Å². The second kappa shape index (κ2) is 12.8. The van der Waals surface area contributed by atoms with E-state index in [1.807, 2.05) is 6.92 Å². The van der Waals surface area contributed by atoms with Gasteiger partial charge in [-0.15, -0.1) is 10.2 Å². The Kier molecular flexibility index (Phi) is 9.03. The molecule has 1 amide bonds. The third-order valence-electron chi connectivity index (χ3n) is 7.48. The van der Waals surface area contributed by atoms with Gasteiger partial charge in [0.1, 0.15) is 5.82 Å². The van der Waals surface area contributed by atoms with Gasteiger partial charge >= 0.3 is 18.4 Å². The first-order chi connectivity index (χ1) is 21.8. The summed E-state index contributed by atoms with van der Waals surface area (Å²) < 4.78 is 93.5. The summed E-state index contributed by atoms with van der Waals surface area (Å²) in [5.74, 6) is 0.614. The molecule has 3 aromatic heterocycles. The topological polar surface area (TPSA) is 122 Å². The fourth-order valence-corrected chi connectivity index (χ4v) is 5.38. The van der Waals surface area contributed by atoms with E-state index in [0.717, 1.165) is 0 Å². The van der Waals surface area contributed by atoms with Gasteiger partial charge in [0.15, 0.2) is 0 Å². The van der Waals surface area contributed by atoms with Gasteiger partial charge < -0.3 is 14.4 Å². The molecule has 4 aromatic rings. The van der Waals surface area contributed by atoms with Crippen molar-refractivity contribution in [3.8, 4) is 17.3 Å². The molecule has 0 bridgehead atoms. The third-order valence-corrected chi connectivity index (χ3v) is 7.48. The number of pyridine rings is 2. The average molecular weight is 651 g/mol. The Balaban J connectivity index is 1.68. The monoisotopic (exact) mass is 650 g/mol. The van der Waals surface area contributed by atoms with Crippen molar-refractivity contribution in [1.29, 1.82) is 0 Å². The highest BCUT2D eigenvalue weighted by Gasteiger charge is 2.41. The zero-order valence-corrected chi connectivity index (χ0v) is 24.7. The minimum Gasteiger partial charge on any atom is -0.481 e. The van der Waals surface area contributed by atoms with Crippen molar-refractivity contribution < 1.29 is 40.6 Å². The van der Waals surface area contributed by atoms with E-state index < -0.39 is 48.2 Å². The maximum Gasteiger partial charge on any atom is 0.416 e. The number of aromatic nitrogens is 6. The van der Waals surface area contributed by atoms with Crippen LogP contribution in [0, 0.1) is 0 Å². The number of fused-ring (bicyclic) bond motifs is 1. The molecule has 2 atom stereocenters. The number of nitrogens with zero attached hydrogens (tertiary/aromatic N) is 7. The highest BCUT2D eigenvalue weighted by atomic mass is 19.4. The molecule has 0 radical (unpaired) electrons. The molecular formula is C29H28F6N8O3. The number of methoxy groups -OCH3 is 1. The average Bonchev–Trinajstić information content (AvgIpc) is 3.57. The van der Waals surface area contributed by atoms with Gasteiger partial charge in [0.2, 0.25) is 11.7 Å². The number of rotatable bonds is 8. The predicted octanol–water partition coefficient (Wildman–Crippen LogP) is 6.60. The van der Waals surface area contributed by atoms with E-state index in [-0.39, 0.29) is 42.2 Å². The minimum absolute atomic E-state index is 0.0818. The quantitative estimate of drug-likeness (QED) is 0.210. The number of carbonyl (C=O) groups excluding carboxylic acids is 1. The van der Waals surface area contributed by atoms with Gasteiger partial charge in [-0.2, -0.15) is 31.6 Å².